The Kier molecular flexibility index (Phi) is 8.83. The first-order chi connectivity index (χ1) is 15.0. The van der Waals surface area contributed by atoms with Crippen molar-refractivity contribution in [2.24, 2.45) is 0 Å². The van der Waals surface area contributed by atoms with Gasteiger partial charge in [-0.2, -0.15) is 0 Å². The van der Waals surface area contributed by atoms with Crippen molar-refractivity contribution in [3.05, 3.63) is 75.3 Å². The Morgan fingerprint density at radius 2 is 1.78 bits per heavy atom. The van der Waals surface area contributed by atoms with Gasteiger partial charge in [0.25, 0.3) is 5.69 Å². The molecular weight excluding hydrogens is 426 g/mol. The fraction of sp³-hybridized carbons (Fsp3) is 0.417. The standard InChI is InChI=1S/C24H31N3O4S/c1-17-7-6-8-20(13-17)14-26(18(2)23(29)25-24(3,4)5)22(28)16-32-15-19-9-11-21(12-10-19)27(30)31/h6-13,18H,14-16H2,1-5H3,(H,25,29)/t18-/m1/s1. The molecule has 32 heavy (non-hydrogen) atoms. The number of hydrogen-bond donors (Lipinski definition) is 1. The fourth-order valence-electron chi connectivity index (χ4n) is 3.12. The summed E-state index contributed by atoms with van der Waals surface area (Å²) in [7, 11) is 0. The number of amides is 2. The second-order valence-corrected chi connectivity index (χ2v) is 9.83. The van der Waals surface area contributed by atoms with E-state index in [2.05, 4.69) is 5.32 Å². The number of rotatable bonds is 9. The van der Waals surface area contributed by atoms with Gasteiger partial charge in [0.2, 0.25) is 11.8 Å². The van der Waals surface area contributed by atoms with Crippen molar-refractivity contribution in [2.45, 2.75) is 58.5 Å². The Bertz CT molecular complexity index is 954. The zero-order valence-corrected chi connectivity index (χ0v) is 20.1. The van der Waals surface area contributed by atoms with Gasteiger partial charge in [-0.3, -0.25) is 19.7 Å². The highest BCUT2D eigenvalue weighted by atomic mass is 32.2. The highest BCUT2D eigenvalue weighted by Gasteiger charge is 2.28. The lowest BCUT2D eigenvalue weighted by molar-refractivity contribution is -0.384. The summed E-state index contributed by atoms with van der Waals surface area (Å²) >= 11 is 1.42. The third kappa shape index (κ3) is 8.00. The van der Waals surface area contributed by atoms with Crippen molar-refractivity contribution in [3.63, 3.8) is 0 Å². The summed E-state index contributed by atoms with van der Waals surface area (Å²) in [5, 5.41) is 13.7. The molecule has 172 valence electrons. The molecule has 2 aromatic rings. The smallest absolute Gasteiger partial charge is 0.269 e. The van der Waals surface area contributed by atoms with Crippen LogP contribution in [0.2, 0.25) is 0 Å². The van der Waals surface area contributed by atoms with E-state index >= 15 is 0 Å². The molecule has 0 aliphatic rings. The average molecular weight is 458 g/mol. The van der Waals surface area contributed by atoms with Crippen LogP contribution in [0, 0.1) is 17.0 Å². The van der Waals surface area contributed by atoms with Crippen LogP contribution in [0.4, 0.5) is 5.69 Å². The molecule has 0 heterocycles. The number of non-ortho nitro benzene ring substituents is 1. The van der Waals surface area contributed by atoms with Gasteiger partial charge in [-0.25, -0.2) is 0 Å². The monoisotopic (exact) mass is 457 g/mol. The molecule has 2 aromatic carbocycles. The third-order valence-corrected chi connectivity index (χ3v) is 5.73. The third-order valence-electron chi connectivity index (χ3n) is 4.74. The van der Waals surface area contributed by atoms with E-state index in [4.69, 9.17) is 0 Å². The number of nitrogens with zero attached hydrogens (tertiary/aromatic N) is 2. The molecule has 0 aliphatic heterocycles. The fourth-order valence-corrected chi connectivity index (χ4v) is 3.99. The number of nitro groups is 1. The Hall–Kier alpha value is -2.87. The number of hydrogen-bond acceptors (Lipinski definition) is 5. The number of nitrogens with one attached hydrogen (secondary N) is 1. The molecule has 2 amide bonds. The SMILES string of the molecule is Cc1cccc(CN(C(=O)CSCc2ccc([N+](=O)[O-])cc2)[C@H](C)C(=O)NC(C)(C)C)c1. The Morgan fingerprint density at radius 1 is 1.12 bits per heavy atom. The minimum absolute atomic E-state index is 0.0397. The van der Waals surface area contributed by atoms with Gasteiger partial charge in [-0.05, 0) is 45.7 Å². The molecular formula is C24H31N3O4S. The second-order valence-electron chi connectivity index (χ2n) is 8.84. The van der Waals surface area contributed by atoms with Crippen LogP contribution in [0.3, 0.4) is 0 Å². The van der Waals surface area contributed by atoms with E-state index in [-0.39, 0.29) is 23.3 Å². The summed E-state index contributed by atoms with van der Waals surface area (Å²) < 4.78 is 0. The average Bonchev–Trinajstić information content (AvgIpc) is 2.70. The maximum atomic E-state index is 13.1. The predicted octanol–water partition coefficient (Wildman–Crippen LogP) is 4.47. The first-order valence-corrected chi connectivity index (χ1v) is 11.6. The van der Waals surface area contributed by atoms with Crippen LogP contribution in [0.15, 0.2) is 48.5 Å². The van der Waals surface area contributed by atoms with Crippen molar-refractivity contribution in [1.82, 2.24) is 10.2 Å². The molecule has 1 atom stereocenters. The largest absolute Gasteiger partial charge is 0.350 e. The lowest BCUT2D eigenvalue weighted by Gasteiger charge is -2.31. The van der Waals surface area contributed by atoms with Crippen LogP contribution in [-0.2, 0) is 21.9 Å². The maximum absolute atomic E-state index is 13.1. The highest BCUT2D eigenvalue weighted by molar-refractivity contribution is 7.99. The van der Waals surface area contributed by atoms with E-state index in [1.165, 1.54) is 23.9 Å². The number of benzene rings is 2. The minimum Gasteiger partial charge on any atom is -0.350 e. The molecule has 0 fully saturated rings. The van der Waals surface area contributed by atoms with Gasteiger partial charge < -0.3 is 10.2 Å². The van der Waals surface area contributed by atoms with Crippen molar-refractivity contribution >= 4 is 29.3 Å². The number of carbonyl (C=O) groups excluding carboxylic acids is 2. The van der Waals surface area contributed by atoms with Gasteiger partial charge in [0, 0.05) is 30.0 Å². The summed E-state index contributed by atoms with van der Waals surface area (Å²) in [5.74, 6) is 0.425. The van der Waals surface area contributed by atoms with Crippen molar-refractivity contribution < 1.29 is 14.5 Å². The maximum Gasteiger partial charge on any atom is 0.269 e. The quantitative estimate of drug-likeness (QED) is 0.443. The van der Waals surface area contributed by atoms with Crippen LogP contribution < -0.4 is 5.32 Å². The van der Waals surface area contributed by atoms with Gasteiger partial charge >= 0.3 is 0 Å². The molecule has 0 aromatic heterocycles. The van der Waals surface area contributed by atoms with E-state index in [0.717, 1.165) is 16.7 Å². The van der Waals surface area contributed by atoms with Gasteiger partial charge in [-0.15, -0.1) is 11.8 Å². The van der Waals surface area contributed by atoms with E-state index in [1.807, 2.05) is 52.0 Å². The number of thioether (sulfide) groups is 1. The lowest BCUT2D eigenvalue weighted by atomic mass is 10.1. The van der Waals surface area contributed by atoms with Gasteiger partial charge in [0.05, 0.1) is 10.7 Å². The van der Waals surface area contributed by atoms with Crippen LogP contribution in [0.5, 0.6) is 0 Å². The molecule has 0 unspecified atom stereocenters. The van der Waals surface area contributed by atoms with Crippen LogP contribution in [0.25, 0.3) is 0 Å². The highest BCUT2D eigenvalue weighted by Crippen LogP contribution is 2.19. The normalized spacial score (nSPS) is 12.2. The van der Waals surface area contributed by atoms with Gasteiger partial charge in [0.1, 0.15) is 6.04 Å². The number of aryl methyl sites for hydroxylation is 1. The van der Waals surface area contributed by atoms with Gasteiger partial charge in [-0.1, -0.05) is 42.0 Å². The zero-order valence-electron chi connectivity index (χ0n) is 19.3. The Labute approximate surface area is 193 Å². The van der Waals surface area contributed by atoms with E-state index in [0.29, 0.717) is 12.3 Å². The summed E-state index contributed by atoms with van der Waals surface area (Å²) in [6.07, 6.45) is 0. The molecule has 0 aliphatic carbocycles. The minimum atomic E-state index is -0.623. The number of nitro benzene ring substituents is 1. The lowest BCUT2D eigenvalue weighted by Crippen LogP contribution is -2.52. The molecule has 0 spiro atoms. The van der Waals surface area contributed by atoms with Crippen molar-refractivity contribution in [1.29, 1.82) is 0 Å². The molecule has 0 bridgehead atoms. The molecule has 2 rings (SSSR count). The number of carbonyl (C=O) groups is 2. The Balaban J connectivity index is 2.08. The second kappa shape index (κ2) is 11.1. The van der Waals surface area contributed by atoms with Gasteiger partial charge in [0.15, 0.2) is 0 Å². The van der Waals surface area contributed by atoms with E-state index in [9.17, 15) is 19.7 Å². The van der Waals surface area contributed by atoms with Crippen LogP contribution >= 0.6 is 11.8 Å². The summed E-state index contributed by atoms with van der Waals surface area (Å²) in [6, 6.07) is 13.6. The Morgan fingerprint density at radius 3 is 2.34 bits per heavy atom. The summed E-state index contributed by atoms with van der Waals surface area (Å²) in [5.41, 5.74) is 2.60. The van der Waals surface area contributed by atoms with E-state index in [1.54, 1.807) is 24.0 Å². The molecule has 8 heteroatoms. The molecule has 0 saturated heterocycles. The van der Waals surface area contributed by atoms with E-state index < -0.39 is 16.5 Å². The molecule has 1 N–H and O–H groups in total. The van der Waals surface area contributed by atoms with Crippen molar-refractivity contribution in [2.75, 3.05) is 5.75 Å². The predicted molar refractivity (Wildman–Crippen MR) is 128 cm³/mol. The van der Waals surface area contributed by atoms with Crippen LogP contribution in [0.1, 0.15) is 44.4 Å². The molecule has 7 nitrogen and oxygen atoms in total. The zero-order chi connectivity index (χ0) is 23.9. The topological polar surface area (TPSA) is 92.6 Å². The first kappa shape index (κ1) is 25.4. The van der Waals surface area contributed by atoms with Crippen molar-refractivity contribution in [3.8, 4) is 0 Å². The summed E-state index contributed by atoms with van der Waals surface area (Å²) in [4.78, 5) is 37.8. The van der Waals surface area contributed by atoms with Crippen LogP contribution in [-0.4, -0.2) is 39.0 Å². The molecule has 0 radical (unpaired) electrons. The molecule has 0 saturated carbocycles. The summed E-state index contributed by atoms with van der Waals surface area (Å²) in [6.45, 7) is 9.80. The first-order valence-electron chi connectivity index (χ1n) is 10.4.